The highest BCUT2D eigenvalue weighted by Gasteiger charge is 2.35. The lowest BCUT2D eigenvalue weighted by Crippen LogP contribution is -2.43. The molecule has 2 N–H and O–H groups in total. The molecule has 3 heteroatoms. The summed E-state index contributed by atoms with van der Waals surface area (Å²) in [5.41, 5.74) is 8.87. The van der Waals surface area contributed by atoms with Gasteiger partial charge in [-0.15, -0.1) is 0 Å². The predicted octanol–water partition coefficient (Wildman–Crippen LogP) is 4.11. The van der Waals surface area contributed by atoms with Crippen LogP contribution in [0.25, 0.3) is 0 Å². The van der Waals surface area contributed by atoms with Crippen LogP contribution in [0.4, 0.5) is 5.69 Å². The van der Waals surface area contributed by atoms with E-state index in [-0.39, 0.29) is 6.04 Å². The van der Waals surface area contributed by atoms with Gasteiger partial charge >= 0.3 is 0 Å². The van der Waals surface area contributed by atoms with Crippen LogP contribution in [0.1, 0.15) is 44.6 Å². The number of nitrogens with two attached hydrogens (primary N) is 1. The van der Waals surface area contributed by atoms with Crippen molar-refractivity contribution in [2.45, 2.75) is 57.5 Å². The van der Waals surface area contributed by atoms with Crippen molar-refractivity contribution in [1.29, 1.82) is 0 Å². The van der Waals surface area contributed by atoms with Gasteiger partial charge in [0.1, 0.15) is 0 Å². The molecule has 0 amide bonds. The van der Waals surface area contributed by atoms with E-state index in [0.29, 0.717) is 0 Å². The van der Waals surface area contributed by atoms with Crippen LogP contribution in [0, 0.1) is 5.92 Å². The molecule has 1 saturated carbocycles. The Balaban J connectivity index is 1.92. The highest BCUT2D eigenvalue weighted by molar-refractivity contribution is 9.10. The van der Waals surface area contributed by atoms with E-state index in [1.807, 2.05) is 0 Å². The van der Waals surface area contributed by atoms with Gasteiger partial charge in [-0.25, -0.2) is 0 Å². The highest BCUT2D eigenvalue weighted by Crippen LogP contribution is 2.40. The molecule has 0 spiro atoms. The molecular formula is C17H25BrN2. The minimum absolute atomic E-state index is 0.221. The number of anilines is 1. The Morgan fingerprint density at radius 3 is 2.90 bits per heavy atom. The number of nitrogens with zero attached hydrogens (tertiary/aromatic N) is 1. The Morgan fingerprint density at radius 2 is 2.10 bits per heavy atom. The van der Waals surface area contributed by atoms with Crippen LogP contribution in [0.2, 0.25) is 0 Å². The first kappa shape index (κ1) is 14.4. The van der Waals surface area contributed by atoms with Crippen molar-refractivity contribution in [2.24, 2.45) is 11.7 Å². The van der Waals surface area contributed by atoms with Crippen molar-refractivity contribution in [3.05, 3.63) is 28.2 Å². The van der Waals surface area contributed by atoms with Crippen LogP contribution in [0.5, 0.6) is 0 Å². The average molecular weight is 337 g/mol. The maximum Gasteiger partial charge on any atom is 0.0413 e. The monoisotopic (exact) mass is 336 g/mol. The topological polar surface area (TPSA) is 29.3 Å². The minimum Gasteiger partial charge on any atom is -0.368 e. The van der Waals surface area contributed by atoms with Crippen LogP contribution in [-0.4, -0.2) is 18.6 Å². The molecule has 0 radical (unpaired) electrons. The first-order valence-corrected chi connectivity index (χ1v) is 8.75. The molecule has 2 nitrogen and oxygen atoms in total. The summed E-state index contributed by atoms with van der Waals surface area (Å²) in [5.74, 6) is 0.922. The quantitative estimate of drug-likeness (QED) is 0.899. The molecule has 1 aromatic carbocycles. The Labute approximate surface area is 130 Å². The summed E-state index contributed by atoms with van der Waals surface area (Å²) >= 11 is 3.64. The van der Waals surface area contributed by atoms with Gasteiger partial charge in [0.15, 0.2) is 0 Å². The molecule has 1 aliphatic carbocycles. The van der Waals surface area contributed by atoms with Crippen LogP contribution >= 0.6 is 15.9 Å². The average Bonchev–Trinajstić information content (AvgIpc) is 2.88. The largest absolute Gasteiger partial charge is 0.368 e. The van der Waals surface area contributed by atoms with Crippen molar-refractivity contribution in [2.75, 3.05) is 11.4 Å². The zero-order chi connectivity index (χ0) is 14.1. The summed E-state index contributed by atoms with van der Waals surface area (Å²) in [6, 6.07) is 7.70. The molecule has 20 heavy (non-hydrogen) atoms. The van der Waals surface area contributed by atoms with E-state index in [0.717, 1.165) is 18.4 Å². The van der Waals surface area contributed by atoms with Gasteiger partial charge in [-0.2, -0.15) is 0 Å². The minimum atomic E-state index is 0.221. The van der Waals surface area contributed by atoms with Crippen molar-refractivity contribution in [3.63, 3.8) is 0 Å². The second kappa shape index (κ2) is 6.07. The third-order valence-electron chi connectivity index (χ3n) is 4.89. The molecule has 1 aromatic rings. The molecule has 110 valence electrons. The lowest BCUT2D eigenvalue weighted by Gasteiger charge is -2.40. The third kappa shape index (κ3) is 2.89. The van der Waals surface area contributed by atoms with Gasteiger partial charge in [0.25, 0.3) is 0 Å². The maximum absolute atomic E-state index is 6.04. The molecule has 1 aliphatic heterocycles. The molecule has 3 atom stereocenters. The summed E-state index contributed by atoms with van der Waals surface area (Å²) in [6.45, 7) is 3.31. The zero-order valence-corrected chi connectivity index (χ0v) is 13.9. The molecule has 0 aromatic heterocycles. The fourth-order valence-corrected chi connectivity index (χ4v) is 4.43. The Kier molecular flexibility index (Phi) is 4.37. The summed E-state index contributed by atoms with van der Waals surface area (Å²) in [4.78, 5) is 2.68. The number of hydrogen-bond acceptors (Lipinski definition) is 2. The summed E-state index contributed by atoms with van der Waals surface area (Å²) in [6.07, 6.45) is 7.94. The lowest BCUT2D eigenvalue weighted by molar-refractivity contribution is 0.362. The smallest absolute Gasteiger partial charge is 0.0413 e. The van der Waals surface area contributed by atoms with Gasteiger partial charge < -0.3 is 10.6 Å². The molecule has 1 heterocycles. The van der Waals surface area contributed by atoms with Gasteiger partial charge in [-0.1, -0.05) is 28.4 Å². The molecule has 2 fully saturated rings. The standard InChI is InChI=1S/C17H25BrN2/c1-12(19)10-14-7-8-15(18)11-17(14)20-9-3-5-13-4-2-6-16(13)20/h7-8,11-13,16H,2-6,9-10,19H2,1H3. The van der Waals surface area contributed by atoms with Gasteiger partial charge in [0.05, 0.1) is 0 Å². The summed E-state index contributed by atoms with van der Waals surface area (Å²) in [7, 11) is 0. The van der Waals surface area contributed by atoms with E-state index in [1.165, 1.54) is 54.4 Å². The summed E-state index contributed by atoms with van der Waals surface area (Å²) < 4.78 is 1.18. The molecule has 3 rings (SSSR count). The van der Waals surface area contributed by atoms with Crippen LogP contribution in [0.15, 0.2) is 22.7 Å². The van der Waals surface area contributed by atoms with E-state index < -0.39 is 0 Å². The number of fused-ring (bicyclic) bond motifs is 1. The molecule has 0 bridgehead atoms. The highest BCUT2D eigenvalue weighted by atomic mass is 79.9. The number of benzene rings is 1. The first-order valence-electron chi connectivity index (χ1n) is 7.96. The fourth-order valence-electron chi connectivity index (χ4n) is 4.08. The maximum atomic E-state index is 6.04. The first-order chi connectivity index (χ1) is 9.65. The van der Waals surface area contributed by atoms with E-state index in [9.17, 15) is 0 Å². The normalized spacial score (nSPS) is 27.4. The molecule has 1 saturated heterocycles. The van der Waals surface area contributed by atoms with Gasteiger partial charge in [-0.3, -0.25) is 0 Å². The number of piperidine rings is 1. The van der Waals surface area contributed by atoms with Crippen molar-refractivity contribution >= 4 is 21.6 Å². The SMILES string of the molecule is CC(N)Cc1ccc(Br)cc1N1CCCC2CCCC21. The number of rotatable bonds is 3. The van der Waals surface area contributed by atoms with E-state index >= 15 is 0 Å². The zero-order valence-electron chi connectivity index (χ0n) is 12.3. The molecule has 2 aliphatic rings. The van der Waals surface area contributed by atoms with Crippen LogP contribution in [0.3, 0.4) is 0 Å². The van der Waals surface area contributed by atoms with Gasteiger partial charge in [0.2, 0.25) is 0 Å². The third-order valence-corrected chi connectivity index (χ3v) is 5.39. The fraction of sp³-hybridized carbons (Fsp3) is 0.647. The van der Waals surface area contributed by atoms with Crippen molar-refractivity contribution in [1.82, 2.24) is 0 Å². The van der Waals surface area contributed by atoms with Crippen molar-refractivity contribution < 1.29 is 0 Å². The summed E-state index contributed by atoms with van der Waals surface area (Å²) in [5, 5.41) is 0. The second-order valence-electron chi connectivity index (χ2n) is 6.55. The van der Waals surface area contributed by atoms with E-state index in [2.05, 4.69) is 46.0 Å². The van der Waals surface area contributed by atoms with E-state index in [1.54, 1.807) is 0 Å². The van der Waals surface area contributed by atoms with Crippen LogP contribution in [-0.2, 0) is 6.42 Å². The Morgan fingerprint density at radius 1 is 1.30 bits per heavy atom. The second-order valence-corrected chi connectivity index (χ2v) is 7.46. The Hall–Kier alpha value is -0.540. The molecule has 3 unspecified atom stereocenters. The van der Waals surface area contributed by atoms with Gasteiger partial charge in [-0.05, 0) is 62.6 Å². The molecular weight excluding hydrogens is 312 g/mol. The number of hydrogen-bond donors (Lipinski definition) is 1. The van der Waals surface area contributed by atoms with E-state index in [4.69, 9.17) is 5.73 Å². The van der Waals surface area contributed by atoms with Crippen molar-refractivity contribution in [3.8, 4) is 0 Å². The predicted molar refractivity (Wildman–Crippen MR) is 89.2 cm³/mol. The number of halogens is 1. The van der Waals surface area contributed by atoms with Crippen LogP contribution < -0.4 is 10.6 Å². The van der Waals surface area contributed by atoms with Gasteiger partial charge in [0, 0.05) is 28.8 Å². The lowest BCUT2D eigenvalue weighted by atomic mass is 9.90. The Bertz CT molecular complexity index is 472.